The van der Waals surface area contributed by atoms with Crippen molar-refractivity contribution in [3.05, 3.63) is 17.7 Å². The molecule has 1 aromatic rings. The summed E-state index contributed by atoms with van der Waals surface area (Å²) < 4.78 is 16.6. The molecule has 0 aromatic heterocycles. The smallest absolute Gasteiger partial charge is 0.165 e. The minimum absolute atomic E-state index is 0.0984. The summed E-state index contributed by atoms with van der Waals surface area (Å²) in [4.78, 5) is 0. The molecule has 1 heterocycles. The molecule has 92 valence electrons. The Kier molecular flexibility index (Phi) is 2.40. The van der Waals surface area contributed by atoms with E-state index in [-0.39, 0.29) is 5.41 Å². The molecule has 0 amide bonds. The van der Waals surface area contributed by atoms with E-state index < -0.39 is 0 Å². The largest absolute Gasteiger partial charge is 0.496 e. The zero-order chi connectivity index (χ0) is 11.9. The van der Waals surface area contributed by atoms with Crippen LogP contribution in [0.1, 0.15) is 18.4 Å². The minimum atomic E-state index is 0.0984. The monoisotopic (exact) mass is 235 g/mol. The summed E-state index contributed by atoms with van der Waals surface area (Å²) in [6.45, 7) is 1.86. The lowest BCUT2D eigenvalue weighted by Gasteiger charge is -2.23. The lowest BCUT2D eigenvalue weighted by Crippen LogP contribution is -2.22. The summed E-state index contributed by atoms with van der Waals surface area (Å²) >= 11 is 0. The van der Waals surface area contributed by atoms with Gasteiger partial charge in [-0.3, -0.25) is 0 Å². The number of ether oxygens (including phenoxy) is 3. The van der Waals surface area contributed by atoms with E-state index >= 15 is 0 Å². The van der Waals surface area contributed by atoms with Gasteiger partial charge in [-0.05, 0) is 18.9 Å². The van der Waals surface area contributed by atoms with Crippen molar-refractivity contribution in [1.29, 1.82) is 0 Å². The molecule has 1 aliphatic heterocycles. The summed E-state index contributed by atoms with van der Waals surface area (Å²) in [5.41, 5.74) is 7.13. The van der Waals surface area contributed by atoms with Crippen molar-refractivity contribution >= 4 is 0 Å². The van der Waals surface area contributed by atoms with Crippen LogP contribution in [0, 0.1) is 0 Å². The van der Waals surface area contributed by atoms with Crippen molar-refractivity contribution in [2.75, 3.05) is 26.9 Å². The van der Waals surface area contributed by atoms with Gasteiger partial charge in [-0.1, -0.05) is 0 Å². The summed E-state index contributed by atoms with van der Waals surface area (Å²) in [7, 11) is 1.68. The fraction of sp³-hybridized carbons (Fsp3) is 0.538. The summed E-state index contributed by atoms with van der Waals surface area (Å²) in [5, 5.41) is 0. The first-order valence-electron chi connectivity index (χ1n) is 5.97. The van der Waals surface area contributed by atoms with Crippen molar-refractivity contribution in [1.82, 2.24) is 0 Å². The van der Waals surface area contributed by atoms with Crippen LogP contribution in [-0.4, -0.2) is 26.9 Å². The molecule has 1 fully saturated rings. The van der Waals surface area contributed by atoms with Gasteiger partial charge in [0.1, 0.15) is 19.0 Å². The second-order valence-electron chi connectivity index (χ2n) is 4.68. The first kappa shape index (κ1) is 10.7. The molecule has 0 radical (unpaired) electrons. The first-order valence-corrected chi connectivity index (χ1v) is 5.97. The van der Waals surface area contributed by atoms with E-state index in [9.17, 15) is 0 Å². The molecule has 2 N–H and O–H groups in total. The maximum absolute atomic E-state index is 5.87. The van der Waals surface area contributed by atoms with Crippen LogP contribution in [0.3, 0.4) is 0 Å². The van der Waals surface area contributed by atoms with Gasteiger partial charge < -0.3 is 19.9 Å². The van der Waals surface area contributed by atoms with Gasteiger partial charge in [0.25, 0.3) is 0 Å². The third kappa shape index (κ3) is 1.63. The van der Waals surface area contributed by atoms with Crippen LogP contribution in [0.2, 0.25) is 0 Å². The fourth-order valence-electron chi connectivity index (χ4n) is 2.39. The molecule has 3 rings (SSSR count). The maximum atomic E-state index is 5.87. The van der Waals surface area contributed by atoms with Gasteiger partial charge in [0.15, 0.2) is 11.5 Å². The van der Waals surface area contributed by atoms with Gasteiger partial charge in [0, 0.05) is 23.6 Å². The summed E-state index contributed by atoms with van der Waals surface area (Å²) in [5.74, 6) is 2.44. The molecule has 0 bridgehead atoms. The van der Waals surface area contributed by atoms with E-state index in [1.54, 1.807) is 7.11 Å². The van der Waals surface area contributed by atoms with Crippen molar-refractivity contribution in [3.8, 4) is 17.2 Å². The molecular weight excluding hydrogens is 218 g/mol. The maximum Gasteiger partial charge on any atom is 0.165 e. The molecular formula is C13H17NO3. The zero-order valence-electron chi connectivity index (χ0n) is 9.99. The van der Waals surface area contributed by atoms with Crippen molar-refractivity contribution < 1.29 is 14.2 Å². The molecule has 0 spiro atoms. The third-order valence-corrected chi connectivity index (χ3v) is 3.68. The Morgan fingerprint density at radius 2 is 1.88 bits per heavy atom. The van der Waals surface area contributed by atoms with E-state index in [0.717, 1.165) is 35.7 Å². The average molecular weight is 235 g/mol. The number of hydrogen-bond acceptors (Lipinski definition) is 4. The molecule has 2 aliphatic rings. The molecule has 0 atom stereocenters. The number of hydrogen-bond donors (Lipinski definition) is 1. The van der Waals surface area contributed by atoms with Crippen LogP contribution in [0.4, 0.5) is 0 Å². The van der Waals surface area contributed by atoms with Crippen molar-refractivity contribution in [2.24, 2.45) is 5.73 Å². The predicted molar refractivity (Wildman–Crippen MR) is 64.0 cm³/mol. The zero-order valence-corrected chi connectivity index (χ0v) is 9.99. The van der Waals surface area contributed by atoms with Crippen LogP contribution in [-0.2, 0) is 5.41 Å². The molecule has 17 heavy (non-hydrogen) atoms. The second-order valence-corrected chi connectivity index (χ2v) is 4.68. The molecule has 4 heteroatoms. The molecule has 0 saturated heterocycles. The number of fused-ring (bicyclic) bond motifs is 1. The van der Waals surface area contributed by atoms with Crippen molar-refractivity contribution in [3.63, 3.8) is 0 Å². The van der Waals surface area contributed by atoms with E-state index in [4.69, 9.17) is 19.9 Å². The van der Waals surface area contributed by atoms with Crippen molar-refractivity contribution in [2.45, 2.75) is 18.3 Å². The first-order chi connectivity index (χ1) is 8.29. The summed E-state index contributed by atoms with van der Waals surface area (Å²) in [6, 6.07) is 3.95. The molecule has 1 saturated carbocycles. The van der Waals surface area contributed by atoms with E-state index in [2.05, 4.69) is 0 Å². The topological polar surface area (TPSA) is 53.7 Å². The third-order valence-electron chi connectivity index (χ3n) is 3.68. The highest BCUT2D eigenvalue weighted by Gasteiger charge is 2.45. The van der Waals surface area contributed by atoms with Crippen LogP contribution in [0.25, 0.3) is 0 Å². The van der Waals surface area contributed by atoms with E-state index in [0.29, 0.717) is 19.8 Å². The minimum Gasteiger partial charge on any atom is -0.496 e. The number of nitrogens with two attached hydrogens (primary N) is 1. The van der Waals surface area contributed by atoms with Crippen LogP contribution in [0.5, 0.6) is 17.2 Å². The van der Waals surface area contributed by atoms with Gasteiger partial charge in [-0.15, -0.1) is 0 Å². The fourth-order valence-corrected chi connectivity index (χ4v) is 2.39. The van der Waals surface area contributed by atoms with Gasteiger partial charge in [0.05, 0.1) is 7.11 Å². The normalized spacial score (nSPS) is 19.9. The molecule has 4 nitrogen and oxygen atoms in total. The highest BCUT2D eigenvalue weighted by molar-refractivity contribution is 5.55. The van der Waals surface area contributed by atoms with Gasteiger partial charge in [0.2, 0.25) is 0 Å². The van der Waals surface area contributed by atoms with Gasteiger partial charge >= 0.3 is 0 Å². The number of methoxy groups -OCH3 is 1. The predicted octanol–water partition coefficient (Wildman–Crippen LogP) is 1.46. The van der Waals surface area contributed by atoms with Crippen LogP contribution in [0.15, 0.2) is 12.1 Å². The van der Waals surface area contributed by atoms with Gasteiger partial charge in [-0.2, -0.15) is 0 Å². The molecule has 0 unspecified atom stereocenters. The Morgan fingerprint density at radius 1 is 1.24 bits per heavy atom. The Balaban J connectivity index is 2.07. The molecule has 1 aliphatic carbocycles. The van der Waals surface area contributed by atoms with E-state index in [1.807, 2.05) is 12.1 Å². The average Bonchev–Trinajstić information content (AvgIpc) is 3.18. The molecule has 1 aromatic carbocycles. The van der Waals surface area contributed by atoms with E-state index in [1.165, 1.54) is 0 Å². The van der Waals surface area contributed by atoms with Gasteiger partial charge in [-0.25, -0.2) is 0 Å². The highest BCUT2D eigenvalue weighted by Crippen LogP contribution is 2.53. The second kappa shape index (κ2) is 3.81. The number of rotatable bonds is 3. The standard InChI is InChI=1S/C13H17NO3/c1-15-10-7-12-11(16-4-5-17-12)6-9(10)13(8-14)2-3-13/h6-7H,2-5,8,14H2,1H3. The summed E-state index contributed by atoms with van der Waals surface area (Å²) in [6.07, 6.45) is 2.25. The number of benzene rings is 1. The SMILES string of the molecule is COc1cc2c(cc1C1(CN)CC1)OCCO2. The van der Waals surface area contributed by atoms with Crippen LogP contribution >= 0.6 is 0 Å². The lowest BCUT2D eigenvalue weighted by molar-refractivity contribution is 0.170. The Morgan fingerprint density at radius 3 is 2.41 bits per heavy atom. The quantitative estimate of drug-likeness (QED) is 0.861. The Bertz CT molecular complexity index is 441. The Hall–Kier alpha value is -1.42. The van der Waals surface area contributed by atoms with Crippen LogP contribution < -0.4 is 19.9 Å². The Labute approximate surface area is 101 Å². The highest BCUT2D eigenvalue weighted by atomic mass is 16.6. The lowest BCUT2D eigenvalue weighted by atomic mass is 9.94.